The number of amides is 2. The molecule has 1 N–H and O–H groups in total. The van der Waals surface area contributed by atoms with Crippen LogP contribution in [0.15, 0.2) is 24.3 Å². The van der Waals surface area contributed by atoms with E-state index in [1.165, 1.54) is 45.2 Å². The number of rotatable bonds is 8. The van der Waals surface area contributed by atoms with E-state index in [2.05, 4.69) is 15.1 Å². The molecule has 2 aromatic rings. The molecule has 0 aliphatic carbocycles. The molecule has 8 heteroatoms. The van der Waals surface area contributed by atoms with Crippen LogP contribution in [0, 0.1) is 11.8 Å². The Morgan fingerprint density at radius 1 is 1.21 bits per heavy atom. The summed E-state index contributed by atoms with van der Waals surface area (Å²) >= 11 is 0. The first kappa shape index (κ1) is 23.3. The van der Waals surface area contributed by atoms with Crippen LogP contribution in [0.25, 0.3) is 10.9 Å². The predicted molar refractivity (Wildman–Crippen MR) is 132 cm³/mol. The number of methoxy groups -OCH3 is 1. The minimum atomic E-state index is -0.323. The van der Waals surface area contributed by atoms with E-state index in [0.717, 1.165) is 23.9 Å². The number of para-hydroxylation sites is 1. The molecule has 1 aromatic heterocycles. The largest absolute Gasteiger partial charge is 0.385 e. The lowest BCUT2D eigenvalue weighted by Crippen LogP contribution is -2.52. The number of benzene rings is 1. The Balaban J connectivity index is 1.30. The Hall–Kier alpha value is -2.45. The highest BCUT2D eigenvalue weighted by Gasteiger charge is 2.40. The fourth-order valence-corrected chi connectivity index (χ4v) is 6.26. The summed E-state index contributed by atoms with van der Waals surface area (Å²) in [7, 11) is 1.70. The van der Waals surface area contributed by atoms with Crippen LogP contribution in [0.1, 0.15) is 44.9 Å². The van der Waals surface area contributed by atoms with Gasteiger partial charge < -0.3 is 14.5 Å². The maximum Gasteiger partial charge on any atom is 0.229 e. The Morgan fingerprint density at radius 3 is 2.94 bits per heavy atom. The van der Waals surface area contributed by atoms with Crippen molar-refractivity contribution >= 4 is 28.5 Å². The van der Waals surface area contributed by atoms with Crippen molar-refractivity contribution in [3.63, 3.8) is 0 Å². The lowest BCUT2D eigenvalue weighted by molar-refractivity contribution is -0.137. The highest BCUT2D eigenvalue weighted by atomic mass is 16.5. The first-order valence-electron chi connectivity index (χ1n) is 12.9. The van der Waals surface area contributed by atoms with Crippen LogP contribution >= 0.6 is 0 Å². The van der Waals surface area contributed by atoms with Crippen LogP contribution < -0.4 is 4.90 Å². The fraction of sp³-hybridized carbons (Fsp3) is 0.654. The summed E-state index contributed by atoms with van der Waals surface area (Å²) in [5, 5.41) is 8.33. The van der Waals surface area contributed by atoms with Crippen molar-refractivity contribution in [1.82, 2.24) is 20.0 Å². The number of carbonyl (C=O) groups is 2. The second-order valence-corrected chi connectivity index (χ2v) is 10.1. The predicted octanol–water partition coefficient (Wildman–Crippen LogP) is 3.05. The molecule has 34 heavy (non-hydrogen) atoms. The third-order valence-electron chi connectivity index (χ3n) is 7.95. The molecule has 0 radical (unpaired) electrons. The number of carbonyl (C=O) groups excluding carboxylic acids is 2. The molecule has 8 nitrogen and oxygen atoms in total. The van der Waals surface area contributed by atoms with Crippen molar-refractivity contribution in [3.8, 4) is 0 Å². The minimum Gasteiger partial charge on any atom is -0.385 e. The van der Waals surface area contributed by atoms with Gasteiger partial charge >= 0.3 is 0 Å². The smallest absolute Gasteiger partial charge is 0.229 e. The second-order valence-electron chi connectivity index (χ2n) is 10.1. The van der Waals surface area contributed by atoms with Gasteiger partial charge in [-0.3, -0.25) is 19.6 Å². The zero-order chi connectivity index (χ0) is 23.5. The molecule has 1 aromatic carbocycles. The average Bonchev–Trinajstić information content (AvgIpc) is 3.46. The van der Waals surface area contributed by atoms with Crippen LogP contribution in [0.5, 0.6) is 0 Å². The van der Waals surface area contributed by atoms with Gasteiger partial charge in [0.25, 0.3) is 0 Å². The Morgan fingerprint density at radius 2 is 2.06 bits per heavy atom. The van der Waals surface area contributed by atoms with Crippen molar-refractivity contribution < 1.29 is 14.3 Å². The molecule has 2 amide bonds. The van der Waals surface area contributed by atoms with Crippen LogP contribution in [0.2, 0.25) is 0 Å². The third kappa shape index (κ3) is 4.70. The molecule has 3 saturated heterocycles. The lowest BCUT2D eigenvalue weighted by atomic mass is 9.83. The summed E-state index contributed by atoms with van der Waals surface area (Å²) in [6.07, 6.45) is 7.29. The van der Waals surface area contributed by atoms with Crippen molar-refractivity contribution in [2.24, 2.45) is 11.8 Å². The van der Waals surface area contributed by atoms with Crippen molar-refractivity contribution in [1.29, 1.82) is 0 Å². The third-order valence-corrected chi connectivity index (χ3v) is 7.95. The van der Waals surface area contributed by atoms with E-state index in [1.807, 2.05) is 29.2 Å². The van der Waals surface area contributed by atoms with Crippen LogP contribution in [0.4, 0.5) is 5.82 Å². The van der Waals surface area contributed by atoms with E-state index < -0.39 is 0 Å². The van der Waals surface area contributed by atoms with Gasteiger partial charge in [0.15, 0.2) is 5.82 Å². The van der Waals surface area contributed by atoms with Gasteiger partial charge in [-0.2, -0.15) is 5.10 Å². The highest BCUT2D eigenvalue weighted by Crippen LogP contribution is 2.33. The van der Waals surface area contributed by atoms with Crippen LogP contribution in [-0.4, -0.2) is 84.3 Å². The number of nitrogens with one attached hydrogen (secondary N) is 1. The molecule has 3 fully saturated rings. The standard InChI is InChI=1S/C26H37N5O3/c1-34-15-7-14-30(17-19-8-6-13-29-12-5-4-11-23(19)29)26(33)20-16-24(32)31(18-20)25-21-9-2-3-10-22(21)27-28-25/h2-3,9-10,19-20,23H,4-8,11-18H2,1H3,(H,27,28)/t19-,20-,23-/m0/s1. The number of hydrogen-bond acceptors (Lipinski definition) is 5. The molecule has 184 valence electrons. The first-order chi connectivity index (χ1) is 16.7. The van der Waals surface area contributed by atoms with E-state index >= 15 is 0 Å². The van der Waals surface area contributed by atoms with Gasteiger partial charge in [0, 0.05) is 51.2 Å². The zero-order valence-corrected chi connectivity index (χ0v) is 20.2. The van der Waals surface area contributed by atoms with Gasteiger partial charge in [-0.15, -0.1) is 0 Å². The topological polar surface area (TPSA) is 81.8 Å². The first-order valence-corrected chi connectivity index (χ1v) is 12.9. The quantitative estimate of drug-likeness (QED) is 0.604. The summed E-state index contributed by atoms with van der Waals surface area (Å²) in [5.41, 5.74) is 0.899. The van der Waals surface area contributed by atoms with Gasteiger partial charge in [0.2, 0.25) is 11.8 Å². The summed E-state index contributed by atoms with van der Waals surface area (Å²) in [4.78, 5) is 33.1. The molecule has 0 saturated carbocycles. The number of nitrogens with zero attached hydrogens (tertiary/aromatic N) is 4. The normalized spacial score (nSPS) is 25.6. The second kappa shape index (κ2) is 10.4. The molecule has 3 aliphatic rings. The van der Waals surface area contributed by atoms with E-state index in [0.29, 0.717) is 37.5 Å². The van der Waals surface area contributed by atoms with E-state index in [-0.39, 0.29) is 24.2 Å². The van der Waals surface area contributed by atoms with E-state index in [4.69, 9.17) is 4.74 Å². The summed E-state index contributed by atoms with van der Waals surface area (Å²) < 4.78 is 5.28. The molecule has 4 heterocycles. The Labute approximate surface area is 201 Å². The van der Waals surface area contributed by atoms with Crippen molar-refractivity contribution in [3.05, 3.63) is 24.3 Å². The molecule has 3 aliphatic heterocycles. The molecular weight excluding hydrogens is 430 g/mol. The maximum absolute atomic E-state index is 13.8. The van der Waals surface area contributed by atoms with Crippen molar-refractivity contribution in [2.75, 3.05) is 51.3 Å². The molecule has 0 spiro atoms. The summed E-state index contributed by atoms with van der Waals surface area (Å²) in [6, 6.07) is 8.40. The summed E-state index contributed by atoms with van der Waals surface area (Å²) in [6.45, 7) is 4.91. The number of aromatic nitrogens is 2. The highest BCUT2D eigenvalue weighted by molar-refractivity contribution is 6.05. The monoisotopic (exact) mass is 467 g/mol. The number of H-pyrrole nitrogens is 1. The number of hydrogen-bond donors (Lipinski definition) is 1. The average molecular weight is 468 g/mol. The number of piperidine rings is 2. The minimum absolute atomic E-state index is 0.0245. The van der Waals surface area contributed by atoms with Crippen molar-refractivity contribution in [2.45, 2.75) is 51.0 Å². The lowest BCUT2D eigenvalue weighted by Gasteiger charge is -2.46. The van der Waals surface area contributed by atoms with Gasteiger partial charge in [0.1, 0.15) is 0 Å². The van der Waals surface area contributed by atoms with Gasteiger partial charge in [-0.25, -0.2) is 0 Å². The molecule has 5 rings (SSSR count). The SMILES string of the molecule is COCCCN(C[C@@H]1CCCN2CCCC[C@@H]12)C(=O)[C@H]1CC(=O)N(c2n[nH]c3ccccc23)C1. The van der Waals surface area contributed by atoms with Crippen LogP contribution in [0.3, 0.4) is 0 Å². The number of anilines is 1. The maximum atomic E-state index is 13.8. The molecule has 0 unspecified atom stereocenters. The summed E-state index contributed by atoms with van der Waals surface area (Å²) in [5.74, 6) is 0.913. The molecule has 3 atom stereocenters. The Kier molecular flexibility index (Phi) is 7.15. The number of ether oxygens (including phenoxy) is 1. The zero-order valence-electron chi connectivity index (χ0n) is 20.2. The van der Waals surface area contributed by atoms with Gasteiger partial charge in [-0.05, 0) is 63.2 Å². The van der Waals surface area contributed by atoms with E-state index in [9.17, 15) is 9.59 Å². The molecular formula is C26H37N5O3. The van der Waals surface area contributed by atoms with Gasteiger partial charge in [-0.1, -0.05) is 18.6 Å². The van der Waals surface area contributed by atoms with Gasteiger partial charge in [0.05, 0.1) is 11.4 Å². The Bertz CT molecular complexity index is 1010. The van der Waals surface area contributed by atoms with Crippen LogP contribution in [-0.2, 0) is 14.3 Å². The molecule has 0 bridgehead atoms. The van der Waals surface area contributed by atoms with E-state index in [1.54, 1.807) is 12.0 Å². The number of aromatic amines is 1. The number of fused-ring (bicyclic) bond motifs is 2. The fourth-order valence-electron chi connectivity index (χ4n) is 6.26.